The SMILES string of the molecule is NS(=O)(=O)Nc1cccc(NCc2ccc[nH]2)c1. The molecular formula is C11H14N4O2S. The third-order valence-corrected chi connectivity index (χ3v) is 2.79. The van der Waals surface area contributed by atoms with Gasteiger partial charge in [-0.05, 0) is 30.3 Å². The van der Waals surface area contributed by atoms with Gasteiger partial charge in [0.1, 0.15) is 0 Å². The molecule has 7 heteroatoms. The third kappa shape index (κ3) is 3.79. The zero-order valence-corrected chi connectivity index (χ0v) is 10.4. The standard InChI is InChI=1S/C11H14N4O2S/c12-18(16,17)15-10-4-1-3-9(7-10)14-8-11-5-2-6-13-11/h1-7,13-15H,8H2,(H2,12,16,17). The molecule has 1 aromatic heterocycles. The number of hydrogen-bond acceptors (Lipinski definition) is 3. The summed E-state index contributed by atoms with van der Waals surface area (Å²) in [6.45, 7) is 0.631. The van der Waals surface area contributed by atoms with Gasteiger partial charge in [-0.3, -0.25) is 4.72 Å². The van der Waals surface area contributed by atoms with Gasteiger partial charge in [0, 0.05) is 17.6 Å². The predicted molar refractivity (Wildman–Crippen MR) is 71.3 cm³/mol. The number of rotatable bonds is 5. The second kappa shape index (κ2) is 5.11. The summed E-state index contributed by atoms with van der Waals surface area (Å²) in [5.41, 5.74) is 2.27. The molecule has 1 aromatic carbocycles. The molecule has 5 N–H and O–H groups in total. The first kappa shape index (κ1) is 12.5. The van der Waals surface area contributed by atoms with Crippen molar-refractivity contribution in [3.05, 3.63) is 48.3 Å². The maximum atomic E-state index is 10.9. The highest BCUT2D eigenvalue weighted by molar-refractivity contribution is 7.90. The van der Waals surface area contributed by atoms with Crippen molar-refractivity contribution >= 4 is 21.6 Å². The first-order valence-electron chi connectivity index (χ1n) is 5.30. The molecule has 2 aromatic rings. The third-order valence-electron chi connectivity index (χ3n) is 2.27. The summed E-state index contributed by atoms with van der Waals surface area (Å²) in [4.78, 5) is 3.07. The van der Waals surface area contributed by atoms with Gasteiger partial charge in [-0.25, -0.2) is 5.14 Å². The van der Waals surface area contributed by atoms with Crippen molar-refractivity contribution in [2.75, 3.05) is 10.0 Å². The van der Waals surface area contributed by atoms with E-state index in [9.17, 15) is 8.42 Å². The number of H-pyrrole nitrogens is 1. The molecular weight excluding hydrogens is 252 g/mol. The summed E-state index contributed by atoms with van der Waals surface area (Å²) < 4.78 is 24.0. The van der Waals surface area contributed by atoms with Crippen LogP contribution in [0.15, 0.2) is 42.6 Å². The molecule has 0 atom stereocenters. The monoisotopic (exact) mass is 266 g/mol. The van der Waals surface area contributed by atoms with Gasteiger partial charge in [0.2, 0.25) is 0 Å². The molecule has 18 heavy (non-hydrogen) atoms. The first-order valence-corrected chi connectivity index (χ1v) is 6.84. The van der Waals surface area contributed by atoms with Crippen molar-refractivity contribution < 1.29 is 8.42 Å². The number of nitrogens with two attached hydrogens (primary N) is 1. The van der Waals surface area contributed by atoms with Crippen LogP contribution >= 0.6 is 0 Å². The van der Waals surface area contributed by atoms with Gasteiger partial charge in [0.05, 0.1) is 12.2 Å². The zero-order valence-electron chi connectivity index (χ0n) is 9.55. The van der Waals surface area contributed by atoms with Gasteiger partial charge in [0.25, 0.3) is 10.2 Å². The van der Waals surface area contributed by atoms with Crippen LogP contribution in [-0.4, -0.2) is 13.4 Å². The minimum Gasteiger partial charge on any atom is -0.379 e. The Morgan fingerprint density at radius 2 is 1.94 bits per heavy atom. The highest BCUT2D eigenvalue weighted by Crippen LogP contribution is 2.16. The van der Waals surface area contributed by atoms with Gasteiger partial charge in [-0.2, -0.15) is 8.42 Å². The van der Waals surface area contributed by atoms with Crippen molar-refractivity contribution in [3.8, 4) is 0 Å². The lowest BCUT2D eigenvalue weighted by Crippen LogP contribution is -2.21. The van der Waals surface area contributed by atoms with Crippen LogP contribution in [0.4, 0.5) is 11.4 Å². The minimum atomic E-state index is -3.74. The van der Waals surface area contributed by atoms with Crippen LogP contribution < -0.4 is 15.2 Å². The molecule has 0 unspecified atom stereocenters. The summed E-state index contributed by atoms with van der Waals surface area (Å²) in [6.07, 6.45) is 1.84. The van der Waals surface area contributed by atoms with Crippen LogP contribution in [-0.2, 0) is 16.8 Å². The van der Waals surface area contributed by atoms with E-state index in [1.807, 2.05) is 24.4 Å². The number of benzene rings is 1. The van der Waals surface area contributed by atoms with Crippen LogP contribution in [0.25, 0.3) is 0 Å². The molecule has 0 saturated carbocycles. The molecule has 0 saturated heterocycles. The van der Waals surface area contributed by atoms with Crippen molar-refractivity contribution in [2.24, 2.45) is 5.14 Å². The quantitative estimate of drug-likeness (QED) is 0.655. The predicted octanol–water partition coefficient (Wildman–Crippen LogP) is 1.24. The first-order chi connectivity index (χ1) is 8.53. The molecule has 0 radical (unpaired) electrons. The molecule has 0 amide bonds. The average Bonchev–Trinajstić information content (AvgIpc) is 2.77. The fraction of sp³-hybridized carbons (Fsp3) is 0.0909. The van der Waals surface area contributed by atoms with Crippen LogP contribution in [0, 0.1) is 0 Å². The smallest absolute Gasteiger partial charge is 0.296 e. The number of anilines is 2. The Balaban J connectivity index is 2.03. The molecule has 0 aliphatic rings. The number of aromatic amines is 1. The molecule has 0 fully saturated rings. The lowest BCUT2D eigenvalue weighted by Gasteiger charge is -2.08. The Hall–Kier alpha value is -1.99. The van der Waals surface area contributed by atoms with Gasteiger partial charge in [-0.15, -0.1) is 0 Å². The van der Waals surface area contributed by atoms with Crippen molar-refractivity contribution in [2.45, 2.75) is 6.54 Å². The summed E-state index contributed by atoms with van der Waals surface area (Å²) in [7, 11) is -3.74. The molecule has 0 spiro atoms. The molecule has 0 aliphatic heterocycles. The number of aromatic nitrogens is 1. The van der Waals surface area contributed by atoms with E-state index >= 15 is 0 Å². The van der Waals surface area contributed by atoms with E-state index in [4.69, 9.17) is 5.14 Å². The van der Waals surface area contributed by atoms with Gasteiger partial charge >= 0.3 is 0 Å². The van der Waals surface area contributed by atoms with Gasteiger partial charge in [0.15, 0.2) is 0 Å². The van der Waals surface area contributed by atoms with Crippen LogP contribution in [0.3, 0.4) is 0 Å². The Morgan fingerprint density at radius 1 is 1.17 bits per heavy atom. The Morgan fingerprint density at radius 3 is 2.61 bits per heavy atom. The summed E-state index contributed by atoms with van der Waals surface area (Å²) in [5.74, 6) is 0. The number of nitrogens with one attached hydrogen (secondary N) is 3. The van der Waals surface area contributed by atoms with Gasteiger partial charge in [-0.1, -0.05) is 6.07 Å². The minimum absolute atomic E-state index is 0.425. The summed E-state index contributed by atoms with van der Waals surface area (Å²) in [6, 6.07) is 10.8. The van der Waals surface area contributed by atoms with Gasteiger partial charge < -0.3 is 10.3 Å². The maximum Gasteiger partial charge on any atom is 0.296 e. The van der Waals surface area contributed by atoms with E-state index in [2.05, 4.69) is 15.0 Å². The summed E-state index contributed by atoms with van der Waals surface area (Å²) >= 11 is 0. The van der Waals surface area contributed by atoms with E-state index in [0.717, 1.165) is 11.4 Å². The Labute approximate surface area is 105 Å². The normalized spacial score (nSPS) is 11.2. The Kier molecular flexibility index (Phi) is 3.54. The molecule has 0 aliphatic carbocycles. The molecule has 2 rings (SSSR count). The highest BCUT2D eigenvalue weighted by Gasteiger charge is 2.02. The van der Waals surface area contributed by atoms with E-state index in [1.165, 1.54) is 0 Å². The lowest BCUT2D eigenvalue weighted by molar-refractivity contribution is 0.603. The average molecular weight is 266 g/mol. The fourth-order valence-electron chi connectivity index (χ4n) is 1.53. The van der Waals surface area contributed by atoms with Crippen molar-refractivity contribution in [1.82, 2.24) is 4.98 Å². The van der Waals surface area contributed by atoms with E-state index in [1.54, 1.807) is 18.2 Å². The van der Waals surface area contributed by atoms with Crippen LogP contribution in [0.2, 0.25) is 0 Å². The maximum absolute atomic E-state index is 10.9. The molecule has 0 bridgehead atoms. The molecule has 96 valence electrons. The molecule has 1 heterocycles. The lowest BCUT2D eigenvalue weighted by atomic mass is 10.3. The van der Waals surface area contributed by atoms with E-state index in [-0.39, 0.29) is 0 Å². The van der Waals surface area contributed by atoms with Crippen molar-refractivity contribution in [3.63, 3.8) is 0 Å². The second-order valence-corrected chi connectivity index (χ2v) is 5.07. The highest BCUT2D eigenvalue weighted by atomic mass is 32.2. The summed E-state index contributed by atoms with van der Waals surface area (Å²) in [5, 5.41) is 8.07. The second-order valence-electron chi connectivity index (χ2n) is 3.78. The fourth-order valence-corrected chi connectivity index (χ4v) is 1.99. The van der Waals surface area contributed by atoms with E-state index in [0.29, 0.717) is 12.2 Å². The van der Waals surface area contributed by atoms with Crippen LogP contribution in [0.5, 0.6) is 0 Å². The van der Waals surface area contributed by atoms with E-state index < -0.39 is 10.2 Å². The molecule has 6 nitrogen and oxygen atoms in total. The Bertz CT molecular complexity index is 608. The zero-order chi connectivity index (χ0) is 13.0. The number of hydrogen-bond donors (Lipinski definition) is 4. The topological polar surface area (TPSA) is 100 Å². The van der Waals surface area contributed by atoms with Crippen molar-refractivity contribution in [1.29, 1.82) is 0 Å². The largest absolute Gasteiger partial charge is 0.379 e. The van der Waals surface area contributed by atoms with Crippen LogP contribution in [0.1, 0.15) is 5.69 Å².